The molecule has 64 valence electrons. The highest BCUT2D eigenvalue weighted by atomic mass is 16.4. The second kappa shape index (κ2) is 4.13. The Hall–Kier alpha value is -0.830. The monoisotopic (exact) mass is 158 g/mol. The van der Waals surface area contributed by atoms with Crippen molar-refractivity contribution in [2.24, 2.45) is 0 Å². The summed E-state index contributed by atoms with van der Waals surface area (Å²) in [7, 11) is 0. The van der Waals surface area contributed by atoms with Crippen LogP contribution in [0.15, 0.2) is 12.2 Å². The van der Waals surface area contributed by atoms with Gasteiger partial charge in [0.1, 0.15) is 0 Å². The molecule has 0 aromatic heterocycles. The molecule has 0 rings (SSSR count). The van der Waals surface area contributed by atoms with Crippen molar-refractivity contribution in [2.75, 3.05) is 0 Å². The molecule has 0 aliphatic carbocycles. The molecule has 2 N–H and O–H groups in total. The Balaban J connectivity index is 3.92. The summed E-state index contributed by atoms with van der Waals surface area (Å²) >= 11 is 0. The van der Waals surface area contributed by atoms with Crippen LogP contribution in [0.5, 0.6) is 0 Å². The molecule has 0 aliphatic heterocycles. The van der Waals surface area contributed by atoms with Gasteiger partial charge in [0.15, 0.2) is 5.60 Å². The Morgan fingerprint density at radius 1 is 1.55 bits per heavy atom. The fourth-order valence-corrected chi connectivity index (χ4v) is 0.567. The van der Waals surface area contributed by atoms with Crippen LogP contribution >= 0.6 is 0 Å². The summed E-state index contributed by atoms with van der Waals surface area (Å²) in [6.45, 7) is 3.24. The van der Waals surface area contributed by atoms with Crippen molar-refractivity contribution < 1.29 is 15.0 Å². The first-order chi connectivity index (χ1) is 5.00. The lowest BCUT2D eigenvalue weighted by Gasteiger charge is -2.14. The van der Waals surface area contributed by atoms with Crippen LogP contribution in [-0.4, -0.2) is 21.8 Å². The summed E-state index contributed by atoms with van der Waals surface area (Å²) in [5.74, 6) is -1.18. The Kier molecular flexibility index (Phi) is 3.82. The smallest absolute Gasteiger partial charge is 0.335 e. The molecule has 1 atom stereocenters. The number of aliphatic carboxylic acids is 1. The summed E-state index contributed by atoms with van der Waals surface area (Å²) < 4.78 is 0. The number of hydrogen-bond acceptors (Lipinski definition) is 2. The first kappa shape index (κ1) is 10.2. The van der Waals surface area contributed by atoms with Crippen LogP contribution in [0.25, 0.3) is 0 Å². The molecule has 0 saturated heterocycles. The van der Waals surface area contributed by atoms with Crippen molar-refractivity contribution in [1.82, 2.24) is 0 Å². The first-order valence-electron chi connectivity index (χ1n) is 3.61. The average molecular weight is 158 g/mol. The van der Waals surface area contributed by atoms with Crippen LogP contribution in [0.1, 0.15) is 26.7 Å². The third-order valence-corrected chi connectivity index (χ3v) is 1.38. The molecule has 3 heteroatoms. The summed E-state index contributed by atoms with van der Waals surface area (Å²) in [6.07, 6.45) is 4.53. The molecule has 0 bridgehead atoms. The van der Waals surface area contributed by atoms with Gasteiger partial charge in [0, 0.05) is 6.42 Å². The molecule has 0 fully saturated rings. The fourth-order valence-electron chi connectivity index (χ4n) is 0.567. The third kappa shape index (κ3) is 3.78. The molecule has 11 heavy (non-hydrogen) atoms. The van der Waals surface area contributed by atoms with Gasteiger partial charge in [-0.3, -0.25) is 0 Å². The van der Waals surface area contributed by atoms with Crippen LogP contribution in [0, 0.1) is 0 Å². The van der Waals surface area contributed by atoms with Gasteiger partial charge in [-0.05, 0) is 13.3 Å². The van der Waals surface area contributed by atoms with Gasteiger partial charge in [-0.25, -0.2) is 4.79 Å². The van der Waals surface area contributed by atoms with E-state index in [-0.39, 0.29) is 6.42 Å². The number of carboxylic acids is 1. The molecule has 0 saturated carbocycles. The van der Waals surface area contributed by atoms with E-state index in [0.29, 0.717) is 0 Å². The molecule has 0 radical (unpaired) electrons. The van der Waals surface area contributed by atoms with E-state index in [2.05, 4.69) is 0 Å². The minimum absolute atomic E-state index is 0.163. The second-order valence-corrected chi connectivity index (χ2v) is 2.66. The van der Waals surface area contributed by atoms with Crippen LogP contribution in [0.2, 0.25) is 0 Å². The molecule has 0 aliphatic rings. The lowest BCUT2D eigenvalue weighted by Crippen LogP contribution is -2.33. The van der Waals surface area contributed by atoms with Gasteiger partial charge >= 0.3 is 5.97 Å². The molecule has 3 nitrogen and oxygen atoms in total. The zero-order valence-corrected chi connectivity index (χ0v) is 6.87. The van der Waals surface area contributed by atoms with Crippen molar-refractivity contribution in [3.63, 3.8) is 0 Å². The maximum atomic E-state index is 10.3. The molecular weight excluding hydrogens is 144 g/mol. The summed E-state index contributed by atoms with van der Waals surface area (Å²) in [5, 5.41) is 17.6. The first-order valence-corrected chi connectivity index (χ1v) is 3.61. The number of allylic oxidation sites excluding steroid dienone is 1. The van der Waals surface area contributed by atoms with Crippen molar-refractivity contribution in [2.45, 2.75) is 32.3 Å². The van der Waals surface area contributed by atoms with Crippen molar-refractivity contribution >= 4 is 5.97 Å². The number of carbonyl (C=O) groups is 1. The minimum Gasteiger partial charge on any atom is -0.479 e. The lowest BCUT2D eigenvalue weighted by molar-refractivity contribution is -0.156. The molecule has 0 heterocycles. The van der Waals surface area contributed by atoms with Gasteiger partial charge < -0.3 is 10.2 Å². The standard InChI is InChI=1S/C8H14O3/c1-3-4-5-6-8(2,11)7(9)10/h4-5,11H,3,6H2,1-2H3,(H,9,10)/b5-4+. The predicted molar refractivity (Wildman–Crippen MR) is 42.3 cm³/mol. The maximum absolute atomic E-state index is 10.3. The molecule has 0 aromatic carbocycles. The van der Waals surface area contributed by atoms with Gasteiger partial charge in [0.05, 0.1) is 0 Å². The number of hydrogen-bond donors (Lipinski definition) is 2. The highest BCUT2D eigenvalue weighted by Crippen LogP contribution is 2.09. The van der Waals surface area contributed by atoms with E-state index in [9.17, 15) is 4.79 Å². The summed E-state index contributed by atoms with van der Waals surface area (Å²) in [4.78, 5) is 10.3. The van der Waals surface area contributed by atoms with Crippen LogP contribution < -0.4 is 0 Å². The van der Waals surface area contributed by atoms with E-state index in [1.165, 1.54) is 6.92 Å². The molecule has 0 spiro atoms. The second-order valence-electron chi connectivity index (χ2n) is 2.66. The quantitative estimate of drug-likeness (QED) is 0.604. The van der Waals surface area contributed by atoms with E-state index in [1.54, 1.807) is 6.08 Å². The number of aliphatic hydroxyl groups is 1. The number of rotatable bonds is 4. The van der Waals surface area contributed by atoms with E-state index in [4.69, 9.17) is 10.2 Å². The van der Waals surface area contributed by atoms with Gasteiger partial charge in [-0.15, -0.1) is 0 Å². The van der Waals surface area contributed by atoms with Gasteiger partial charge in [0.25, 0.3) is 0 Å². The Morgan fingerprint density at radius 2 is 2.09 bits per heavy atom. The van der Waals surface area contributed by atoms with Crippen molar-refractivity contribution in [3.05, 3.63) is 12.2 Å². The maximum Gasteiger partial charge on any atom is 0.335 e. The van der Waals surface area contributed by atoms with E-state index >= 15 is 0 Å². The molecule has 1 unspecified atom stereocenters. The number of carboxylic acid groups (broad SMARTS) is 1. The molecule has 0 aromatic rings. The Morgan fingerprint density at radius 3 is 2.45 bits per heavy atom. The Bertz CT molecular complexity index is 159. The summed E-state index contributed by atoms with van der Waals surface area (Å²) in [6, 6.07) is 0. The Labute approximate surface area is 66.4 Å². The van der Waals surface area contributed by atoms with Crippen LogP contribution in [0.3, 0.4) is 0 Å². The topological polar surface area (TPSA) is 57.5 Å². The van der Waals surface area contributed by atoms with Crippen molar-refractivity contribution in [1.29, 1.82) is 0 Å². The van der Waals surface area contributed by atoms with Gasteiger partial charge in [-0.2, -0.15) is 0 Å². The normalized spacial score (nSPS) is 16.6. The minimum atomic E-state index is -1.62. The van der Waals surface area contributed by atoms with Crippen molar-refractivity contribution in [3.8, 4) is 0 Å². The van der Waals surface area contributed by atoms with E-state index in [1.807, 2.05) is 13.0 Å². The SMILES string of the molecule is CC/C=C/CC(C)(O)C(=O)O. The lowest BCUT2D eigenvalue weighted by atomic mass is 10.0. The predicted octanol–water partition coefficient (Wildman–Crippen LogP) is 1.18. The molecule has 0 amide bonds. The largest absolute Gasteiger partial charge is 0.479 e. The van der Waals surface area contributed by atoms with E-state index in [0.717, 1.165) is 6.42 Å². The van der Waals surface area contributed by atoms with Gasteiger partial charge in [0.2, 0.25) is 0 Å². The average Bonchev–Trinajstić information content (AvgIpc) is 1.88. The summed E-state index contributed by atoms with van der Waals surface area (Å²) in [5.41, 5.74) is -1.62. The van der Waals surface area contributed by atoms with Crippen LogP contribution in [0.4, 0.5) is 0 Å². The van der Waals surface area contributed by atoms with E-state index < -0.39 is 11.6 Å². The fraction of sp³-hybridized carbons (Fsp3) is 0.625. The highest BCUT2D eigenvalue weighted by molar-refractivity contribution is 5.76. The third-order valence-electron chi connectivity index (χ3n) is 1.38. The van der Waals surface area contributed by atoms with Crippen LogP contribution in [-0.2, 0) is 4.79 Å². The molecular formula is C8H14O3. The van der Waals surface area contributed by atoms with Gasteiger partial charge in [-0.1, -0.05) is 19.1 Å². The zero-order chi connectivity index (χ0) is 8.91. The highest BCUT2D eigenvalue weighted by Gasteiger charge is 2.27. The zero-order valence-electron chi connectivity index (χ0n) is 6.87.